The average molecular weight is 526 g/mol. The second-order valence-electron chi connectivity index (χ2n) is 9.00. The van der Waals surface area contributed by atoms with Crippen LogP contribution in [0.3, 0.4) is 0 Å². The lowest BCUT2D eigenvalue weighted by Gasteiger charge is -2.28. The van der Waals surface area contributed by atoms with Crippen molar-refractivity contribution < 1.29 is 14.4 Å². The highest BCUT2D eigenvalue weighted by atomic mass is 79.9. The molecule has 0 aromatic heterocycles. The summed E-state index contributed by atoms with van der Waals surface area (Å²) in [5, 5.41) is 2.95. The Morgan fingerprint density at radius 2 is 1.66 bits per heavy atom. The Labute approximate surface area is 188 Å². The molecule has 0 unspecified atom stereocenters. The van der Waals surface area contributed by atoms with Crippen LogP contribution in [0.5, 0.6) is 0 Å². The van der Waals surface area contributed by atoms with Crippen LogP contribution in [-0.4, -0.2) is 38.3 Å². The van der Waals surface area contributed by atoms with Crippen molar-refractivity contribution in [3.8, 4) is 0 Å². The van der Waals surface area contributed by atoms with Crippen molar-refractivity contribution in [2.75, 3.05) is 5.32 Å². The summed E-state index contributed by atoms with van der Waals surface area (Å²) in [6, 6.07) is 6.76. The van der Waals surface area contributed by atoms with Gasteiger partial charge in [0.05, 0.1) is 11.8 Å². The lowest BCUT2D eigenvalue weighted by atomic mass is 9.81. The zero-order chi connectivity index (χ0) is 21.0. The largest absolute Gasteiger partial charge is 0.324 e. The number of benzene rings is 1. The summed E-state index contributed by atoms with van der Waals surface area (Å²) >= 11 is 7.43. The molecule has 1 N–H and O–H groups in total. The maximum absolute atomic E-state index is 13.4. The summed E-state index contributed by atoms with van der Waals surface area (Å²) in [5.74, 6) is -0.743. The van der Waals surface area contributed by atoms with Crippen LogP contribution in [0.4, 0.5) is 5.69 Å². The molecule has 1 aromatic rings. The van der Waals surface area contributed by atoms with Gasteiger partial charge in [0.2, 0.25) is 17.7 Å². The van der Waals surface area contributed by atoms with E-state index in [2.05, 4.69) is 37.2 Å². The van der Waals surface area contributed by atoms with Crippen molar-refractivity contribution in [1.29, 1.82) is 0 Å². The Bertz CT molecular complexity index is 826. The van der Waals surface area contributed by atoms with E-state index >= 15 is 0 Å². The molecule has 3 aliphatic rings. The third kappa shape index (κ3) is 3.38. The summed E-state index contributed by atoms with van der Waals surface area (Å²) in [5.41, 5.74) is 1.66. The van der Waals surface area contributed by atoms with Crippen molar-refractivity contribution in [2.45, 2.75) is 49.3 Å². The minimum Gasteiger partial charge on any atom is -0.324 e. The molecule has 3 fully saturated rings. The highest BCUT2D eigenvalue weighted by Crippen LogP contribution is 2.60. The van der Waals surface area contributed by atoms with Gasteiger partial charge in [-0.3, -0.25) is 19.3 Å². The number of fused-ring (bicyclic) bond motifs is 5. The molecular formula is C22H26Br2N2O3. The Kier molecular flexibility index (Phi) is 5.66. The first-order valence-corrected chi connectivity index (χ1v) is 12.1. The van der Waals surface area contributed by atoms with Crippen molar-refractivity contribution in [3.63, 3.8) is 0 Å². The number of carbonyl (C=O) groups excluding carboxylic acids is 3. The Morgan fingerprint density at radius 3 is 2.17 bits per heavy atom. The number of aryl methyl sites for hydroxylation is 1. The zero-order valence-electron chi connectivity index (χ0n) is 16.8. The van der Waals surface area contributed by atoms with Crippen molar-refractivity contribution in [1.82, 2.24) is 4.90 Å². The van der Waals surface area contributed by atoms with Gasteiger partial charge in [-0.15, -0.1) is 0 Å². The first-order chi connectivity index (χ1) is 13.7. The molecule has 7 atom stereocenters. The van der Waals surface area contributed by atoms with E-state index in [1.807, 2.05) is 45.0 Å². The van der Waals surface area contributed by atoms with E-state index in [1.165, 1.54) is 4.90 Å². The number of halogens is 2. The fourth-order valence-corrected chi connectivity index (χ4v) is 7.26. The smallest absolute Gasteiger partial charge is 0.247 e. The molecule has 1 heterocycles. The van der Waals surface area contributed by atoms with Gasteiger partial charge in [-0.25, -0.2) is 0 Å². The fraction of sp³-hybridized carbons (Fsp3) is 0.591. The summed E-state index contributed by atoms with van der Waals surface area (Å²) < 4.78 is 0. The molecule has 2 saturated carbocycles. The number of anilines is 1. The number of nitrogens with zero attached hydrogens (tertiary/aromatic N) is 1. The Balaban J connectivity index is 1.62. The van der Waals surface area contributed by atoms with E-state index < -0.39 is 6.04 Å². The molecule has 0 radical (unpaired) electrons. The second kappa shape index (κ2) is 7.80. The van der Waals surface area contributed by atoms with Gasteiger partial charge in [0, 0.05) is 15.3 Å². The van der Waals surface area contributed by atoms with Crippen LogP contribution in [0.2, 0.25) is 0 Å². The lowest BCUT2D eigenvalue weighted by molar-refractivity contribution is -0.147. The van der Waals surface area contributed by atoms with Gasteiger partial charge < -0.3 is 5.32 Å². The van der Waals surface area contributed by atoms with Crippen LogP contribution in [0, 0.1) is 36.5 Å². The second-order valence-corrected chi connectivity index (χ2v) is 11.1. The molecule has 1 saturated heterocycles. The van der Waals surface area contributed by atoms with Gasteiger partial charge in [-0.05, 0) is 49.1 Å². The molecule has 2 aliphatic carbocycles. The highest BCUT2D eigenvalue weighted by Gasteiger charge is 2.67. The summed E-state index contributed by atoms with van der Waals surface area (Å²) in [6.45, 7) is 5.94. The minimum absolute atomic E-state index is 0.148. The number of hydrogen-bond acceptors (Lipinski definition) is 3. The standard InChI is InChI=1S/C22H26Br2N2O3/c1-10(2)8-15(20(27)25-14-7-5-4-6-11(14)3)26-21(28)16-12-9-13(17(16)22(26)29)19(24)18(12)23/h4-7,10,12-13,15-19H,8-9H2,1-3H3,(H,25,27)/t12-,13-,15-,16-,17+,18-,19+/m0/s1. The molecule has 3 amide bonds. The van der Waals surface area contributed by atoms with E-state index in [9.17, 15) is 14.4 Å². The van der Waals surface area contributed by atoms with E-state index in [0.717, 1.165) is 12.0 Å². The summed E-state index contributed by atoms with van der Waals surface area (Å²) in [7, 11) is 0. The maximum Gasteiger partial charge on any atom is 0.247 e. The minimum atomic E-state index is -0.776. The van der Waals surface area contributed by atoms with E-state index in [1.54, 1.807) is 0 Å². The van der Waals surface area contributed by atoms with Crippen molar-refractivity contribution >= 4 is 55.3 Å². The van der Waals surface area contributed by atoms with Gasteiger partial charge >= 0.3 is 0 Å². The number of para-hydroxylation sites is 1. The molecule has 1 aliphatic heterocycles. The predicted octanol–water partition coefficient (Wildman–Crippen LogP) is 4.13. The molecule has 1 aromatic carbocycles. The predicted molar refractivity (Wildman–Crippen MR) is 119 cm³/mol. The SMILES string of the molecule is Cc1ccccc1NC(=O)[C@H](CC(C)C)N1C(=O)[C@@H]2[C@@H]3C[C@H]([C@H](Br)[C@@H]3Br)[C@@H]2C1=O. The number of rotatable bonds is 5. The molecule has 7 heteroatoms. The van der Waals surface area contributed by atoms with E-state index in [0.29, 0.717) is 12.1 Å². The van der Waals surface area contributed by atoms with Gasteiger partial charge in [-0.2, -0.15) is 0 Å². The number of hydrogen-bond donors (Lipinski definition) is 1. The third-order valence-electron chi connectivity index (χ3n) is 6.73. The summed E-state index contributed by atoms with van der Waals surface area (Å²) in [4.78, 5) is 41.7. The van der Waals surface area contributed by atoms with Crippen molar-refractivity contribution in [2.24, 2.45) is 29.6 Å². The third-order valence-corrected chi connectivity index (χ3v) is 9.94. The van der Waals surface area contributed by atoms with Crippen LogP contribution in [-0.2, 0) is 14.4 Å². The Hall–Kier alpha value is -1.21. The highest BCUT2D eigenvalue weighted by molar-refractivity contribution is 9.12. The Morgan fingerprint density at radius 1 is 1.10 bits per heavy atom. The van der Waals surface area contributed by atoms with Crippen LogP contribution < -0.4 is 5.32 Å². The van der Waals surface area contributed by atoms with Crippen LogP contribution in [0.25, 0.3) is 0 Å². The van der Waals surface area contributed by atoms with Gasteiger partial charge in [0.1, 0.15) is 6.04 Å². The van der Waals surface area contributed by atoms with Gasteiger partial charge in [0.25, 0.3) is 0 Å². The average Bonchev–Trinajstić information content (AvgIpc) is 3.27. The van der Waals surface area contributed by atoms with Crippen LogP contribution in [0.15, 0.2) is 24.3 Å². The topological polar surface area (TPSA) is 66.5 Å². The summed E-state index contributed by atoms with van der Waals surface area (Å²) in [6.07, 6.45) is 1.34. The molecule has 0 spiro atoms. The monoisotopic (exact) mass is 524 g/mol. The number of likely N-dealkylation sites (tertiary alicyclic amines) is 1. The molecular weight excluding hydrogens is 500 g/mol. The fourth-order valence-electron chi connectivity index (χ4n) is 5.38. The zero-order valence-corrected chi connectivity index (χ0v) is 19.9. The molecule has 29 heavy (non-hydrogen) atoms. The van der Waals surface area contributed by atoms with Crippen LogP contribution in [0.1, 0.15) is 32.3 Å². The first-order valence-electron chi connectivity index (χ1n) is 10.2. The van der Waals surface area contributed by atoms with Crippen molar-refractivity contribution in [3.05, 3.63) is 29.8 Å². The first kappa shape index (κ1) is 21.0. The van der Waals surface area contributed by atoms with E-state index in [4.69, 9.17) is 0 Å². The quantitative estimate of drug-likeness (QED) is 0.464. The number of amides is 3. The van der Waals surface area contributed by atoms with Gasteiger partial charge in [0.15, 0.2) is 0 Å². The van der Waals surface area contributed by atoms with Crippen LogP contribution >= 0.6 is 31.9 Å². The number of carbonyl (C=O) groups is 3. The maximum atomic E-state index is 13.4. The number of alkyl halides is 2. The number of nitrogens with one attached hydrogen (secondary N) is 1. The van der Waals surface area contributed by atoms with E-state index in [-0.39, 0.29) is 57.0 Å². The molecule has 156 valence electrons. The van der Waals surface area contributed by atoms with Gasteiger partial charge in [-0.1, -0.05) is 63.9 Å². The lowest BCUT2D eigenvalue weighted by Crippen LogP contribution is -2.49. The normalized spacial score (nSPS) is 34.1. The molecule has 4 rings (SSSR count). The number of imide groups is 1. The molecule has 2 bridgehead atoms. The molecule has 5 nitrogen and oxygen atoms in total.